The zero-order chi connectivity index (χ0) is 42.9. The Bertz CT molecular complexity index is 2340. The summed E-state index contributed by atoms with van der Waals surface area (Å²) in [5.74, 6) is -0.772. The maximum absolute atomic E-state index is 13.4. The van der Waals surface area contributed by atoms with Crippen LogP contribution in [0.2, 0.25) is 0 Å². The lowest BCUT2D eigenvalue weighted by atomic mass is 9.89. The standard InChI is InChI=1S/C45H53N11O6/c1-51-44(62)55(26-45(51)15-16-45)32-3-2-17-54(25-32)36-22-47-38(39(46)58)40(49-36)48-30-6-4-28(5-7-30)29-13-18-52(19-14-29)23-27-12-20-53(24-27)31-8-9-33-34(21-31)43(61)56(42(33)60)35-10-11-37(57)50-41(35)59/h4-9,21-22,27,29,32,35H,2-3,10-20,23-26H2,1H3,(H2,46,58)(H,48,49)(H,50,57,59). The number of carbonyl (C=O) groups excluding carboxylic acids is 6. The zero-order valence-electron chi connectivity index (χ0n) is 35.1. The molecule has 0 radical (unpaired) electrons. The molecular formula is C45H53N11O6. The van der Waals surface area contributed by atoms with Gasteiger partial charge in [0.1, 0.15) is 11.9 Å². The number of primary amides is 1. The number of fused-ring (bicyclic) bond motifs is 1. The number of aromatic nitrogens is 2. The highest BCUT2D eigenvalue weighted by molar-refractivity contribution is 6.23. The van der Waals surface area contributed by atoms with Crippen LogP contribution in [0, 0.1) is 5.92 Å². The largest absolute Gasteiger partial charge is 0.371 e. The van der Waals surface area contributed by atoms with Gasteiger partial charge in [0, 0.05) is 64.1 Å². The van der Waals surface area contributed by atoms with Gasteiger partial charge in [0.2, 0.25) is 11.8 Å². The fourth-order valence-electron chi connectivity index (χ4n) is 10.7. The number of carbonyl (C=O) groups is 6. The third-order valence-corrected chi connectivity index (χ3v) is 14.5. The molecule has 3 atom stereocenters. The summed E-state index contributed by atoms with van der Waals surface area (Å²) in [6.45, 7) is 6.92. The summed E-state index contributed by atoms with van der Waals surface area (Å²) in [5, 5.41) is 5.57. The maximum Gasteiger partial charge on any atom is 0.320 e. The number of nitrogens with one attached hydrogen (secondary N) is 2. The number of hydrogen-bond acceptors (Lipinski definition) is 12. The SMILES string of the molecule is CN1C(=O)N(C2CCCN(c3cnc(C(N)=O)c(Nc4ccc(C5CCN(CC6CCN(c7ccc8c(c7)C(=O)N(C7CCC(=O)NC7=O)C8=O)C6)CC5)cc4)n3)C2)CC12CC2. The fraction of sp³-hybridized carbons (Fsp3) is 0.511. The Hall–Kier alpha value is -6.10. The predicted molar refractivity (Wildman–Crippen MR) is 229 cm³/mol. The molecule has 6 aliphatic heterocycles. The van der Waals surface area contributed by atoms with Gasteiger partial charge in [0.05, 0.1) is 28.9 Å². The maximum atomic E-state index is 13.4. The number of amides is 7. The Balaban J connectivity index is 0.720. The van der Waals surface area contributed by atoms with E-state index in [0.29, 0.717) is 41.1 Å². The van der Waals surface area contributed by atoms with E-state index in [4.69, 9.17) is 10.7 Å². The molecule has 3 unspecified atom stereocenters. The summed E-state index contributed by atoms with van der Waals surface area (Å²) in [6.07, 6.45) is 8.95. The van der Waals surface area contributed by atoms with Gasteiger partial charge in [-0.1, -0.05) is 12.1 Å². The van der Waals surface area contributed by atoms with Crippen LogP contribution in [0.4, 0.5) is 27.8 Å². The second kappa shape index (κ2) is 15.7. The second-order valence-corrected chi connectivity index (χ2v) is 18.3. The molecular weight excluding hydrogens is 791 g/mol. The van der Waals surface area contributed by atoms with Gasteiger partial charge in [0.25, 0.3) is 17.7 Å². The van der Waals surface area contributed by atoms with Crippen LogP contribution in [0.25, 0.3) is 0 Å². The van der Waals surface area contributed by atoms with Crippen molar-refractivity contribution < 1.29 is 28.8 Å². The lowest BCUT2D eigenvalue weighted by molar-refractivity contribution is -0.136. The van der Waals surface area contributed by atoms with E-state index in [2.05, 4.69) is 42.5 Å². The predicted octanol–water partition coefficient (Wildman–Crippen LogP) is 3.30. The molecule has 2 aromatic carbocycles. The smallest absolute Gasteiger partial charge is 0.320 e. The van der Waals surface area contributed by atoms with Crippen molar-refractivity contribution in [2.24, 2.45) is 11.7 Å². The first-order valence-electron chi connectivity index (χ1n) is 22.1. The van der Waals surface area contributed by atoms with Crippen molar-refractivity contribution in [1.82, 2.24) is 34.9 Å². The molecule has 1 aliphatic carbocycles. The molecule has 1 saturated carbocycles. The molecule has 0 bridgehead atoms. The van der Waals surface area contributed by atoms with Gasteiger partial charge < -0.3 is 35.6 Å². The van der Waals surface area contributed by atoms with E-state index >= 15 is 0 Å². The molecule has 17 nitrogen and oxygen atoms in total. The number of nitrogens with zero attached hydrogens (tertiary/aromatic N) is 8. The molecule has 1 aromatic heterocycles. The molecule has 7 aliphatic rings. The normalized spacial score (nSPS) is 25.3. The number of likely N-dealkylation sites (N-methyl/N-ethyl adjacent to an activating group) is 1. The Morgan fingerprint density at radius 3 is 2.39 bits per heavy atom. The Morgan fingerprint density at radius 2 is 1.66 bits per heavy atom. The Morgan fingerprint density at radius 1 is 0.887 bits per heavy atom. The summed E-state index contributed by atoms with van der Waals surface area (Å²) in [4.78, 5) is 97.5. The first-order valence-corrected chi connectivity index (χ1v) is 22.1. The van der Waals surface area contributed by atoms with Crippen LogP contribution in [0.1, 0.15) is 100 Å². The van der Waals surface area contributed by atoms with Crippen LogP contribution < -0.4 is 26.2 Å². The third-order valence-electron chi connectivity index (χ3n) is 14.5. The van der Waals surface area contributed by atoms with E-state index in [1.807, 2.05) is 35.0 Å². The first-order chi connectivity index (χ1) is 29.9. The minimum Gasteiger partial charge on any atom is -0.371 e. The molecule has 3 aromatic rings. The van der Waals surface area contributed by atoms with Gasteiger partial charge in [-0.15, -0.1) is 0 Å². The van der Waals surface area contributed by atoms with Crippen molar-refractivity contribution in [2.45, 2.75) is 81.3 Å². The van der Waals surface area contributed by atoms with E-state index < -0.39 is 35.6 Å². The molecule has 10 rings (SSSR count). The van der Waals surface area contributed by atoms with E-state index in [9.17, 15) is 28.8 Å². The number of urea groups is 1. The van der Waals surface area contributed by atoms with Crippen molar-refractivity contribution in [2.75, 3.05) is 74.5 Å². The Labute approximate surface area is 359 Å². The summed E-state index contributed by atoms with van der Waals surface area (Å²) in [5.41, 5.74) is 9.40. The molecule has 1 spiro atoms. The molecule has 4 N–H and O–H groups in total. The number of benzene rings is 2. The number of anilines is 4. The average molecular weight is 844 g/mol. The highest BCUT2D eigenvalue weighted by atomic mass is 16.2. The quantitative estimate of drug-likeness (QED) is 0.252. The van der Waals surface area contributed by atoms with Gasteiger partial charge in [-0.2, -0.15) is 0 Å². The van der Waals surface area contributed by atoms with Gasteiger partial charge >= 0.3 is 6.03 Å². The number of piperidine rings is 3. The zero-order valence-corrected chi connectivity index (χ0v) is 35.1. The number of imide groups is 2. The number of nitrogens with two attached hydrogens (primary N) is 1. The van der Waals surface area contributed by atoms with Crippen molar-refractivity contribution in [3.8, 4) is 0 Å². The molecule has 7 heterocycles. The van der Waals surface area contributed by atoms with Gasteiger partial charge in [-0.25, -0.2) is 14.8 Å². The molecule has 6 fully saturated rings. The highest BCUT2D eigenvalue weighted by Gasteiger charge is 2.57. The van der Waals surface area contributed by atoms with Crippen molar-refractivity contribution in [1.29, 1.82) is 0 Å². The van der Waals surface area contributed by atoms with Crippen LogP contribution >= 0.6 is 0 Å². The van der Waals surface area contributed by atoms with Crippen LogP contribution in [0.15, 0.2) is 48.7 Å². The fourth-order valence-corrected chi connectivity index (χ4v) is 10.7. The molecule has 5 saturated heterocycles. The molecule has 62 heavy (non-hydrogen) atoms. The van der Waals surface area contributed by atoms with E-state index in [-0.39, 0.29) is 36.1 Å². The van der Waals surface area contributed by atoms with E-state index in [1.54, 1.807) is 18.3 Å². The van der Waals surface area contributed by atoms with Crippen molar-refractivity contribution in [3.63, 3.8) is 0 Å². The van der Waals surface area contributed by atoms with Gasteiger partial charge in [-0.3, -0.25) is 34.2 Å². The summed E-state index contributed by atoms with van der Waals surface area (Å²) in [6, 6.07) is 12.9. The van der Waals surface area contributed by atoms with Crippen LogP contribution in [0.5, 0.6) is 0 Å². The number of rotatable bonds is 10. The minimum absolute atomic E-state index is 0.0175. The average Bonchev–Trinajstić information content (AvgIpc) is 3.75. The van der Waals surface area contributed by atoms with Crippen LogP contribution in [0.3, 0.4) is 0 Å². The minimum atomic E-state index is -0.977. The summed E-state index contributed by atoms with van der Waals surface area (Å²) >= 11 is 0. The lowest BCUT2D eigenvalue weighted by Gasteiger charge is -2.37. The molecule has 7 amide bonds. The number of likely N-dealkylation sites (tertiary alicyclic amines) is 1. The topological polar surface area (TPSA) is 198 Å². The number of hydrogen-bond donors (Lipinski definition) is 3. The lowest BCUT2D eigenvalue weighted by Crippen LogP contribution is -2.54. The van der Waals surface area contributed by atoms with E-state index in [1.165, 1.54) is 5.56 Å². The molecule has 17 heteroatoms. The second-order valence-electron chi connectivity index (χ2n) is 18.3. The van der Waals surface area contributed by atoms with Crippen molar-refractivity contribution in [3.05, 3.63) is 71.0 Å². The van der Waals surface area contributed by atoms with Gasteiger partial charge in [-0.05, 0) is 112 Å². The van der Waals surface area contributed by atoms with Crippen molar-refractivity contribution >= 4 is 58.6 Å². The Kier molecular flexibility index (Phi) is 10.1. The summed E-state index contributed by atoms with van der Waals surface area (Å²) < 4.78 is 0. The molecule has 324 valence electrons. The summed E-state index contributed by atoms with van der Waals surface area (Å²) in [7, 11) is 1.92. The third kappa shape index (κ3) is 7.28. The highest BCUT2D eigenvalue weighted by Crippen LogP contribution is 2.47. The van der Waals surface area contributed by atoms with E-state index in [0.717, 1.165) is 107 Å². The monoisotopic (exact) mass is 843 g/mol. The first kappa shape index (κ1) is 40.0. The van der Waals surface area contributed by atoms with Gasteiger partial charge in [0.15, 0.2) is 11.5 Å². The van der Waals surface area contributed by atoms with Crippen LogP contribution in [-0.2, 0) is 9.59 Å². The van der Waals surface area contributed by atoms with Crippen LogP contribution in [-0.4, -0.2) is 142 Å².